The van der Waals surface area contributed by atoms with E-state index in [2.05, 4.69) is 31.1 Å². The van der Waals surface area contributed by atoms with Gasteiger partial charge in [0.15, 0.2) is 5.82 Å². The number of hydrogen-bond donors (Lipinski definition) is 3. The number of aromatic nitrogens is 4. The molecule has 0 bridgehead atoms. The molecule has 3 aromatic rings. The van der Waals surface area contributed by atoms with Crippen molar-refractivity contribution in [2.24, 2.45) is 5.92 Å². The number of carbonyl (C=O) groups excluding carboxylic acids is 1. The summed E-state index contributed by atoms with van der Waals surface area (Å²) in [5.74, 6) is 2.10. The molecule has 0 aliphatic heterocycles. The smallest absolute Gasteiger partial charge is 0.407 e. The molecule has 9 heteroatoms. The topological polar surface area (TPSA) is 120 Å². The summed E-state index contributed by atoms with van der Waals surface area (Å²) in [4.78, 5) is 16.1. The molecule has 1 unspecified atom stereocenters. The predicted octanol–water partition coefficient (Wildman–Crippen LogP) is 4.18. The van der Waals surface area contributed by atoms with Gasteiger partial charge in [-0.25, -0.2) is 9.78 Å². The number of carbonyl (C=O) groups is 1. The molecule has 0 radical (unpaired) electrons. The summed E-state index contributed by atoms with van der Waals surface area (Å²) in [6.45, 7) is 4.90. The summed E-state index contributed by atoms with van der Waals surface area (Å²) in [6.07, 6.45) is 10.2. The normalized spacial score (nSPS) is 17.7. The fraction of sp³-hybridized carbons (Fsp3) is 0.400. The summed E-state index contributed by atoms with van der Waals surface area (Å²) in [5, 5.41) is 10.6. The molecule has 2 aromatic heterocycles. The molecule has 2 aliphatic rings. The van der Waals surface area contributed by atoms with Crippen LogP contribution in [-0.2, 0) is 17.9 Å². The number of alkyl carbamates (subject to hydrolysis) is 1. The molecule has 1 atom stereocenters. The standard InChI is InChI=1S/C25H30N6O3/c1-15(2)34-25(32)29-18-7-5-17(6-8-18)24-23(26)20-10-9-19(33-13-22-27-14-28-30-22)11-21(20)31(24)12-16-3-4-16/h5-7,9-11,14-16,18H,3-4,8,12-13,26H2,1-2H3,(H,29,32)(H,27,28,30). The van der Waals surface area contributed by atoms with Crippen molar-refractivity contribution in [1.82, 2.24) is 25.1 Å². The first kappa shape index (κ1) is 22.1. The number of amides is 1. The zero-order valence-corrected chi connectivity index (χ0v) is 19.5. The van der Waals surface area contributed by atoms with E-state index in [1.807, 2.05) is 44.2 Å². The van der Waals surface area contributed by atoms with Gasteiger partial charge in [-0.3, -0.25) is 5.10 Å². The highest BCUT2D eigenvalue weighted by Crippen LogP contribution is 2.40. The third-order valence-corrected chi connectivity index (χ3v) is 6.07. The van der Waals surface area contributed by atoms with Gasteiger partial charge in [0.25, 0.3) is 0 Å². The van der Waals surface area contributed by atoms with Gasteiger partial charge >= 0.3 is 6.09 Å². The van der Waals surface area contributed by atoms with Crippen LogP contribution in [0.5, 0.6) is 5.75 Å². The largest absolute Gasteiger partial charge is 0.486 e. The number of hydrogen-bond acceptors (Lipinski definition) is 6. The van der Waals surface area contributed by atoms with Gasteiger partial charge in [0.1, 0.15) is 18.7 Å². The zero-order valence-electron chi connectivity index (χ0n) is 19.5. The average molecular weight is 463 g/mol. The Labute approximate surface area is 198 Å². The number of nitrogens with zero attached hydrogens (tertiary/aromatic N) is 3. The summed E-state index contributed by atoms with van der Waals surface area (Å²) >= 11 is 0. The van der Waals surface area contributed by atoms with Crippen molar-refractivity contribution in [3.63, 3.8) is 0 Å². The summed E-state index contributed by atoms with van der Waals surface area (Å²) < 4.78 is 13.5. The molecule has 1 amide bonds. The molecule has 34 heavy (non-hydrogen) atoms. The minimum atomic E-state index is -0.401. The number of ether oxygens (including phenoxy) is 2. The Balaban J connectivity index is 1.40. The minimum Gasteiger partial charge on any atom is -0.486 e. The highest BCUT2D eigenvalue weighted by Gasteiger charge is 2.27. The molecule has 9 nitrogen and oxygen atoms in total. The van der Waals surface area contributed by atoms with Gasteiger partial charge in [0.2, 0.25) is 0 Å². The van der Waals surface area contributed by atoms with Crippen LogP contribution in [0.1, 0.15) is 44.6 Å². The van der Waals surface area contributed by atoms with Crippen LogP contribution in [0.15, 0.2) is 42.8 Å². The number of anilines is 1. The Hall–Kier alpha value is -3.75. The van der Waals surface area contributed by atoms with Gasteiger partial charge in [-0.05, 0) is 56.7 Å². The van der Waals surface area contributed by atoms with Crippen molar-refractivity contribution in [3.05, 3.63) is 54.3 Å². The monoisotopic (exact) mass is 462 g/mol. The molecule has 1 saturated carbocycles. The van der Waals surface area contributed by atoms with Crippen LogP contribution in [-0.4, -0.2) is 38.0 Å². The van der Waals surface area contributed by atoms with E-state index in [1.165, 1.54) is 19.2 Å². The number of rotatable bonds is 8. The molecular formula is C25H30N6O3. The van der Waals surface area contributed by atoms with Gasteiger partial charge in [0, 0.05) is 18.0 Å². The lowest BCUT2D eigenvalue weighted by Gasteiger charge is -2.20. The maximum absolute atomic E-state index is 12.0. The second-order valence-corrected chi connectivity index (χ2v) is 9.18. The summed E-state index contributed by atoms with van der Waals surface area (Å²) in [7, 11) is 0. The van der Waals surface area contributed by atoms with E-state index < -0.39 is 6.09 Å². The van der Waals surface area contributed by atoms with Crippen molar-refractivity contribution >= 4 is 28.3 Å². The summed E-state index contributed by atoms with van der Waals surface area (Å²) in [5.41, 5.74) is 10.6. The lowest BCUT2D eigenvalue weighted by Crippen LogP contribution is -2.35. The van der Waals surface area contributed by atoms with E-state index in [-0.39, 0.29) is 12.1 Å². The number of nitrogens with one attached hydrogen (secondary N) is 2. The van der Waals surface area contributed by atoms with Gasteiger partial charge in [-0.2, -0.15) is 5.10 Å². The maximum Gasteiger partial charge on any atom is 0.407 e. The Morgan fingerprint density at radius 1 is 1.35 bits per heavy atom. The molecule has 4 N–H and O–H groups in total. The molecule has 0 saturated heterocycles. The zero-order chi connectivity index (χ0) is 23.7. The third-order valence-electron chi connectivity index (χ3n) is 6.07. The first-order valence-corrected chi connectivity index (χ1v) is 11.7. The first-order valence-electron chi connectivity index (χ1n) is 11.7. The molecule has 1 fully saturated rings. The molecule has 2 heterocycles. The number of H-pyrrole nitrogens is 1. The van der Waals surface area contributed by atoms with Crippen molar-refractivity contribution in [1.29, 1.82) is 0 Å². The SMILES string of the molecule is CC(C)OC(=O)NC1C=CC(c2c(N)c3ccc(OCc4ncn[nH]4)cc3n2CC2CC2)=CC1. The second-order valence-electron chi connectivity index (χ2n) is 9.18. The van der Waals surface area contributed by atoms with Crippen molar-refractivity contribution in [3.8, 4) is 5.75 Å². The van der Waals surface area contributed by atoms with Gasteiger partial charge in [-0.1, -0.05) is 18.2 Å². The number of benzene rings is 1. The second kappa shape index (κ2) is 9.24. The fourth-order valence-corrected chi connectivity index (χ4v) is 4.26. The van der Waals surface area contributed by atoms with E-state index >= 15 is 0 Å². The Kier molecular flexibility index (Phi) is 6.00. The van der Waals surface area contributed by atoms with E-state index in [0.717, 1.165) is 40.2 Å². The number of nitrogens with two attached hydrogens (primary N) is 1. The van der Waals surface area contributed by atoms with E-state index in [9.17, 15) is 4.79 Å². The molecule has 1 aromatic carbocycles. The molecular weight excluding hydrogens is 432 g/mol. The van der Waals surface area contributed by atoms with E-state index in [0.29, 0.717) is 24.8 Å². The van der Waals surface area contributed by atoms with Gasteiger partial charge in [-0.15, -0.1) is 0 Å². The van der Waals surface area contributed by atoms with Crippen LogP contribution in [0.2, 0.25) is 0 Å². The maximum atomic E-state index is 12.0. The van der Waals surface area contributed by atoms with Crippen LogP contribution >= 0.6 is 0 Å². The Bertz CT molecular complexity index is 1240. The molecule has 2 aliphatic carbocycles. The fourth-order valence-electron chi connectivity index (χ4n) is 4.26. The Morgan fingerprint density at radius 2 is 2.21 bits per heavy atom. The number of fused-ring (bicyclic) bond motifs is 1. The molecule has 178 valence electrons. The summed E-state index contributed by atoms with van der Waals surface area (Å²) in [6, 6.07) is 5.90. The van der Waals surface area contributed by atoms with Gasteiger partial charge in [0.05, 0.1) is 29.0 Å². The van der Waals surface area contributed by atoms with Crippen molar-refractivity contribution in [2.45, 2.75) is 58.4 Å². The predicted molar refractivity (Wildman–Crippen MR) is 130 cm³/mol. The average Bonchev–Trinajstić information content (AvgIpc) is 3.39. The van der Waals surface area contributed by atoms with Crippen molar-refractivity contribution < 1.29 is 14.3 Å². The van der Waals surface area contributed by atoms with Crippen molar-refractivity contribution in [2.75, 3.05) is 5.73 Å². The van der Waals surface area contributed by atoms with E-state index in [4.69, 9.17) is 15.2 Å². The van der Waals surface area contributed by atoms with Crippen LogP contribution in [0, 0.1) is 5.92 Å². The van der Waals surface area contributed by atoms with Crippen LogP contribution in [0.3, 0.4) is 0 Å². The minimum absolute atomic E-state index is 0.103. The number of allylic oxidation sites excluding steroid dienone is 2. The highest BCUT2D eigenvalue weighted by molar-refractivity contribution is 6.00. The number of aromatic amines is 1. The third kappa shape index (κ3) is 4.78. The molecule has 0 spiro atoms. The molecule has 5 rings (SSSR count). The first-order chi connectivity index (χ1) is 16.5. The highest BCUT2D eigenvalue weighted by atomic mass is 16.6. The Morgan fingerprint density at radius 3 is 2.88 bits per heavy atom. The lowest BCUT2D eigenvalue weighted by molar-refractivity contribution is 0.114. The van der Waals surface area contributed by atoms with E-state index in [1.54, 1.807) is 0 Å². The number of nitrogen functional groups attached to an aromatic ring is 1. The lowest BCUT2D eigenvalue weighted by atomic mass is 9.99. The van der Waals surface area contributed by atoms with Gasteiger partial charge < -0.3 is 25.1 Å². The van der Waals surface area contributed by atoms with Crippen LogP contribution in [0.25, 0.3) is 16.5 Å². The quantitative estimate of drug-likeness (QED) is 0.462. The van der Waals surface area contributed by atoms with Crippen LogP contribution < -0.4 is 15.8 Å². The van der Waals surface area contributed by atoms with Crippen LogP contribution in [0.4, 0.5) is 10.5 Å².